The van der Waals surface area contributed by atoms with Gasteiger partial charge in [0.15, 0.2) is 0 Å². The smallest absolute Gasteiger partial charge is 0.243 e. The highest BCUT2D eigenvalue weighted by atomic mass is 16.2. The van der Waals surface area contributed by atoms with Crippen LogP contribution in [0.25, 0.3) is 16.7 Å². The summed E-state index contributed by atoms with van der Waals surface area (Å²) in [5.41, 5.74) is 4.78. The van der Waals surface area contributed by atoms with Gasteiger partial charge in [-0.1, -0.05) is 55.5 Å². The number of hydrogen-bond donors (Lipinski definition) is 1. The summed E-state index contributed by atoms with van der Waals surface area (Å²) < 4.78 is 2.09. The summed E-state index contributed by atoms with van der Waals surface area (Å²) in [5, 5.41) is 2.92. The molecule has 0 saturated carbocycles. The van der Waals surface area contributed by atoms with Crippen molar-refractivity contribution in [2.24, 2.45) is 0 Å². The molecule has 6 nitrogen and oxygen atoms in total. The first kappa shape index (κ1) is 22.3. The number of nitrogens with one attached hydrogen (secondary N) is 1. The van der Waals surface area contributed by atoms with Crippen LogP contribution < -0.4 is 5.32 Å². The number of imidazole rings is 1. The molecule has 4 rings (SSSR count). The van der Waals surface area contributed by atoms with Crippen molar-refractivity contribution in [3.05, 3.63) is 90.3 Å². The first-order chi connectivity index (χ1) is 16.1. The summed E-state index contributed by atoms with van der Waals surface area (Å²) in [6, 6.07) is 25.7. The molecule has 0 aliphatic heterocycles. The number of likely N-dealkylation sites (N-methyl/N-ethyl adjacent to an activating group) is 1. The normalized spacial score (nSPS) is 10.8. The Balaban J connectivity index is 1.43. The molecule has 3 aromatic carbocycles. The SMILES string of the molecule is CCc1ccccc1NC(=O)CN(C)C(=O)CCc1nc2ccccc2n1-c1ccccc1. The van der Waals surface area contributed by atoms with Gasteiger partial charge in [-0.15, -0.1) is 0 Å². The maximum Gasteiger partial charge on any atom is 0.243 e. The molecule has 168 valence electrons. The Kier molecular flexibility index (Phi) is 6.83. The summed E-state index contributed by atoms with van der Waals surface area (Å²) in [4.78, 5) is 31.5. The van der Waals surface area contributed by atoms with Gasteiger partial charge in [-0.25, -0.2) is 4.98 Å². The molecule has 0 atom stereocenters. The second kappa shape index (κ2) is 10.1. The summed E-state index contributed by atoms with van der Waals surface area (Å²) in [6.07, 6.45) is 1.58. The summed E-state index contributed by atoms with van der Waals surface area (Å²) in [7, 11) is 1.66. The second-order valence-corrected chi connectivity index (χ2v) is 8.00. The third-order valence-electron chi connectivity index (χ3n) is 5.69. The lowest BCUT2D eigenvalue weighted by Crippen LogP contribution is -2.35. The van der Waals surface area contributed by atoms with Gasteiger partial charge >= 0.3 is 0 Å². The van der Waals surface area contributed by atoms with Crippen molar-refractivity contribution in [1.82, 2.24) is 14.5 Å². The highest BCUT2D eigenvalue weighted by Gasteiger charge is 2.17. The van der Waals surface area contributed by atoms with E-state index in [1.165, 1.54) is 4.90 Å². The Morgan fingerprint density at radius 2 is 1.64 bits per heavy atom. The van der Waals surface area contributed by atoms with E-state index < -0.39 is 0 Å². The van der Waals surface area contributed by atoms with Crippen molar-refractivity contribution in [2.45, 2.75) is 26.2 Å². The van der Waals surface area contributed by atoms with Crippen LogP contribution in [0.5, 0.6) is 0 Å². The van der Waals surface area contributed by atoms with Crippen LogP contribution in [0, 0.1) is 0 Å². The van der Waals surface area contributed by atoms with Gasteiger partial charge < -0.3 is 10.2 Å². The van der Waals surface area contributed by atoms with Gasteiger partial charge in [0.05, 0.1) is 17.6 Å². The standard InChI is InChI=1S/C27H28N4O2/c1-3-20-11-7-8-14-22(20)29-26(32)19-30(2)27(33)18-17-25-28-23-15-9-10-16-24(23)31(25)21-12-5-4-6-13-21/h4-16H,3,17-19H2,1-2H3,(H,29,32). The minimum absolute atomic E-state index is 0.00594. The molecule has 0 spiro atoms. The molecule has 0 bridgehead atoms. The van der Waals surface area contributed by atoms with Crippen molar-refractivity contribution in [1.29, 1.82) is 0 Å². The Hall–Kier alpha value is -3.93. The molecule has 6 heteroatoms. The number of anilines is 1. The first-order valence-electron chi connectivity index (χ1n) is 11.2. The highest BCUT2D eigenvalue weighted by molar-refractivity contribution is 5.95. The van der Waals surface area contributed by atoms with Gasteiger partial charge in [0.25, 0.3) is 0 Å². The maximum atomic E-state index is 12.8. The van der Waals surface area contributed by atoms with Crippen LogP contribution in [-0.4, -0.2) is 39.9 Å². The van der Waals surface area contributed by atoms with Crippen molar-refractivity contribution >= 4 is 28.5 Å². The van der Waals surface area contributed by atoms with Crippen molar-refractivity contribution in [3.8, 4) is 5.69 Å². The Labute approximate surface area is 193 Å². The summed E-state index contributed by atoms with van der Waals surface area (Å²) in [5.74, 6) is 0.523. The Morgan fingerprint density at radius 3 is 2.42 bits per heavy atom. The van der Waals surface area contributed by atoms with E-state index >= 15 is 0 Å². The van der Waals surface area contributed by atoms with Gasteiger partial charge in [-0.05, 0) is 42.3 Å². The largest absolute Gasteiger partial charge is 0.336 e. The molecule has 1 N–H and O–H groups in total. The zero-order valence-corrected chi connectivity index (χ0v) is 19.0. The monoisotopic (exact) mass is 440 g/mol. The zero-order chi connectivity index (χ0) is 23.2. The third kappa shape index (κ3) is 5.12. The third-order valence-corrected chi connectivity index (χ3v) is 5.69. The van der Waals surface area contributed by atoms with Crippen LogP contribution in [0.4, 0.5) is 5.69 Å². The zero-order valence-electron chi connectivity index (χ0n) is 19.0. The summed E-state index contributed by atoms with van der Waals surface area (Å²) in [6.45, 7) is 2.05. The van der Waals surface area contributed by atoms with Crippen molar-refractivity contribution in [2.75, 3.05) is 18.9 Å². The van der Waals surface area contributed by atoms with E-state index in [1.807, 2.05) is 85.8 Å². The minimum Gasteiger partial charge on any atom is -0.336 e. The molecular weight excluding hydrogens is 412 g/mol. The molecule has 33 heavy (non-hydrogen) atoms. The molecule has 0 unspecified atom stereocenters. The average molecular weight is 441 g/mol. The number of para-hydroxylation sites is 4. The lowest BCUT2D eigenvalue weighted by Gasteiger charge is -2.18. The number of carbonyl (C=O) groups excluding carboxylic acids is 2. The number of amides is 2. The predicted molar refractivity (Wildman–Crippen MR) is 131 cm³/mol. The molecule has 0 radical (unpaired) electrons. The number of rotatable bonds is 8. The molecule has 0 aliphatic rings. The lowest BCUT2D eigenvalue weighted by atomic mass is 10.1. The van der Waals surface area contributed by atoms with E-state index in [0.29, 0.717) is 6.42 Å². The number of carbonyl (C=O) groups is 2. The van der Waals surface area contributed by atoms with Gasteiger partial charge in [0, 0.05) is 31.3 Å². The van der Waals surface area contributed by atoms with Crippen molar-refractivity contribution < 1.29 is 9.59 Å². The van der Waals surface area contributed by atoms with E-state index in [4.69, 9.17) is 4.98 Å². The number of aryl methyl sites for hydroxylation is 2. The molecule has 0 aliphatic carbocycles. The predicted octanol–water partition coefficient (Wildman–Crippen LogP) is 4.62. The number of fused-ring (bicyclic) bond motifs is 1. The number of hydrogen-bond acceptors (Lipinski definition) is 3. The highest BCUT2D eigenvalue weighted by Crippen LogP contribution is 2.22. The van der Waals surface area contributed by atoms with Crippen molar-refractivity contribution in [3.63, 3.8) is 0 Å². The molecular formula is C27H28N4O2. The van der Waals surface area contributed by atoms with E-state index in [-0.39, 0.29) is 24.8 Å². The van der Waals surface area contributed by atoms with Gasteiger partial charge in [0.2, 0.25) is 11.8 Å². The number of aromatic nitrogens is 2. The Morgan fingerprint density at radius 1 is 0.939 bits per heavy atom. The van der Waals surface area contributed by atoms with E-state index in [9.17, 15) is 9.59 Å². The molecule has 2 amide bonds. The first-order valence-corrected chi connectivity index (χ1v) is 11.2. The average Bonchev–Trinajstić information content (AvgIpc) is 3.21. The van der Waals surface area contributed by atoms with Crippen LogP contribution >= 0.6 is 0 Å². The van der Waals surface area contributed by atoms with Crippen LogP contribution in [0.2, 0.25) is 0 Å². The quantitative estimate of drug-likeness (QED) is 0.435. The number of benzene rings is 3. The minimum atomic E-state index is -0.205. The topological polar surface area (TPSA) is 67.2 Å². The van der Waals surface area contributed by atoms with E-state index in [0.717, 1.165) is 40.2 Å². The molecule has 1 aromatic heterocycles. The molecule has 4 aromatic rings. The van der Waals surface area contributed by atoms with Crippen LogP contribution in [-0.2, 0) is 22.4 Å². The number of nitrogens with zero attached hydrogens (tertiary/aromatic N) is 3. The molecule has 0 fully saturated rings. The van der Waals surface area contributed by atoms with E-state index in [1.54, 1.807) is 7.05 Å². The fourth-order valence-corrected chi connectivity index (χ4v) is 3.96. The fraction of sp³-hybridized carbons (Fsp3) is 0.222. The van der Waals surface area contributed by atoms with Crippen LogP contribution in [0.3, 0.4) is 0 Å². The van der Waals surface area contributed by atoms with Gasteiger partial charge in [0.1, 0.15) is 5.82 Å². The fourth-order valence-electron chi connectivity index (χ4n) is 3.96. The van der Waals surface area contributed by atoms with E-state index in [2.05, 4.69) is 9.88 Å². The van der Waals surface area contributed by atoms with Crippen LogP contribution in [0.15, 0.2) is 78.9 Å². The second-order valence-electron chi connectivity index (χ2n) is 8.00. The van der Waals surface area contributed by atoms with Gasteiger partial charge in [-0.2, -0.15) is 0 Å². The van der Waals surface area contributed by atoms with Crippen LogP contribution in [0.1, 0.15) is 24.7 Å². The Bertz CT molecular complexity index is 1260. The lowest BCUT2D eigenvalue weighted by molar-refractivity contribution is -0.133. The van der Waals surface area contributed by atoms with Gasteiger partial charge in [-0.3, -0.25) is 14.2 Å². The summed E-state index contributed by atoms with van der Waals surface area (Å²) >= 11 is 0. The molecule has 1 heterocycles. The molecule has 0 saturated heterocycles. The maximum absolute atomic E-state index is 12.8.